The highest BCUT2D eigenvalue weighted by molar-refractivity contribution is 7.17. The molecule has 1 unspecified atom stereocenters. The Morgan fingerprint density at radius 2 is 1.78 bits per heavy atom. The van der Waals surface area contributed by atoms with Crippen LogP contribution in [0.2, 0.25) is 0 Å². The van der Waals surface area contributed by atoms with Crippen molar-refractivity contribution in [1.29, 1.82) is 0 Å². The van der Waals surface area contributed by atoms with E-state index >= 15 is 0 Å². The summed E-state index contributed by atoms with van der Waals surface area (Å²) in [5, 5.41) is 2.49. The van der Waals surface area contributed by atoms with E-state index < -0.39 is 12.0 Å². The molecule has 6 heteroatoms. The summed E-state index contributed by atoms with van der Waals surface area (Å²) in [7, 11) is 0. The van der Waals surface area contributed by atoms with Crippen molar-refractivity contribution in [1.82, 2.24) is 9.55 Å². The van der Waals surface area contributed by atoms with Crippen LogP contribution in [-0.4, -0.2) is 21.6 Å². The largest absolute Gasteiger partial charge is 0.461 e. The predicted molar refractivity (Wildman–Crippen MR) is 109 cm³/mol. The van der Waals surface area contributed by atoms with E-state index in [1.54, 1.807) is 20.8 Å². The van der Waals surface area contributed by atoms with Crippen LogP contribution < -0.4 is 5.56 Å². The number of thiophene rings is 1. The van der Waals surface area contributed by atoms with Crippen LogP contribution in [0, 0.1) is 0 Å². The van der Waals surface area contributed by atoms with E-state index in [1.165, 1.54) is 27.8 Å². The number of carbonyl (C=O) groups excluding carboxylic acids is 1. The Morgan fingerprint density at radius 1 is 1.11 bits per heavy atom. The van der Waals surface area contributed by atoms with Crippen molar-refractivity contribution < 1.29 is 9.53 Å². The summed E-state index contributed by atoms with van der Waals surface area (Å²) in [6, 6.07) is 7.50. The SMILES string of the molecule is CC(C)OC(=O)C(C)n1cnc2scc(-c3ccc(C(C)C)cc3)c2c1=O. The minimum atomic E-state index is -0.729. The number of fused-ring (bicyclic) bond motifs is 1. The molecule has 1 aromatic carbocycles. The molecule has 2 aromatic heterocycles. The molecule has 5 nitrogen and oxygen atoms in total. The molecule has 0 radical (unpaired) electrons. The molecule has 0 spiro atoms. The number of hydrogen-bond acceptors (Lipinski definition) is 5. The highest BCUT2D eigenvalue weighted by Gasteiger charge is 2.22. The monoisotopic (exact) mass is 384 g/mol. The zero-order valence-corrected chi connectivity index (χ0v) is 17.0. The highest BCUT2D eigenvalue weighted by Crippen LogP contribution is 2.31. The van der Waals surface area contributed by atoms with Crippen LogP contribution in [0.3, 0.4) is 0 Å². The van der Waals surface area contributed by atoms with E-state index in [9.17, 15) is 9.59 Å². The summed E-state index contributed by atoms with van der Waals surface area (Å²) in [5.41, 5.74) is 2.84. The first-order valence-corrected chi connectivity index (χ1v) is 9.96. The van der Waals surface area contributed by atoms with Gasteiger partial charge < -0.3 is 4.74 Å². The number of aromatic nitrogens is 2. The van der Waals surface area contributed by atoms with E-state index in [4.69, 9.17) is 4.74 Å². The molecule has 0 aliphatic carbocycles. The first-order valence-electron chi connectivity index (χ1n) is 9.08. The number of carbonyl (C=O) groups is 1. The van der Waals surface area contributed by atoms with Crippen LogP contribution in [0.25, 0.3) is 21.3 Å². The number of esters is 1. The van der Waals surface area contributed by atoms with Crippen LogP contribution in [-0.2, 0) is 9.53 Å². The summed E-state index contributed by atoms with van der Waals surface area (Å²) < 4.78 is 6.59. The lowest BCUT2D eigenvalue weighted by Gasteiger charge is -2.16. The van der Waals surface area contributed by atoms with Gasteiger partial charge in [0.2, 0.25) is 0 Å². The summed E-state index contributed by atoms with van der Waals surface area (Å²) in [6.07, 6.45) is 1.20. The second kappa shape index (κ2) is 7.64. The van der Waals surface area contributed by atoms with Gasteiger partial charge >= 0.3 is 5.97 Å². The van der Waals surface area contributed by atoms with Crippen molar-refractivity contribution in [3.63, 3.8) is 0 Å². The van der Waals surface area contributed by atoms with Crippen LogP contribution in [0.4, 0.5) is 0 Å². The molecule has 0 aliphatic heterocycles. The van der Waals surface area contributed by atoms with Gasteiger partial charge in [0, 0.05) is 10.9 Å². The van der Waals surface area contributed by atoms with Crippen molar-refractivity contribution in [3.05, 3.63) is 51.9 Å². The fourth-order valence-electron chi connectivity index (χ4n) is 2.93. The maximum atomic E-state index is 13.1. The minimum absolute atomic E-state index is 0.225. The molecular formula is C21H24N2O3S. The molecule has 2 heterocycles. The molecule has 3 rings (SSSR count). The summed E-state index contributed by atoms with van der Waals surface area (Å²) in [4.78, 5) is 30.4. The zero-order valence-electron chi connectivity index (χ0n) is 16.2. The van der Waals surface area contributed by atoms with E-state index in [-0.39, 0.29) is 11.7 Å². The van der Waals surface area contributed by atoms with Crippen LogP contribution in [0.15, 0.2) is 40.8 Å². The molecule has 0 amide bonds. The standard InChI is InChI=1S/C21H24N2O3S/c1-12(2)15-6-8-16(9-7-15)17-10-27-19-18(17)20(24)23(11-22-19)14(5)21(25)26-13(3)4/h6-14H,1-5H3. The van der Waals surface area contributed by atoms with Crippen molar-refractivity contribution in [2.45, 2.75) is 52.7 Å². The number of nitrogens with zero attached hydrogens (tertiary/aromatic N) is 2. The summed E-state index contributed by atoms with van der Waals surface area (Å²) in [5.74, 6) is 0.0105. The Morgan fingerprint density at radius 3 is 2.37 bits per heavy atom. The minimum Gasteiger partial charge on any atom is -0.461 e. The Bertz CT molecular complexity index is 1020. The normalized spacial score (nSPS) is 12.7. The lowest BCUT2D eigenvalue weighted by atomic mass is 9.99. The van der Waals surface area contributed by atoms with Crippen LogP contribution in [0.1, 0.15) is 52.1 Å². The van der Waals surface area contributed by atoms with Gasteiger partial charge in [-0.3, -0.25) is 9.36 Å². The average Bonchev–Trinajstić information content (AvgIpc) is 3.06. The van der Waals surface area contributed by atoms with Crippen molar-refractivity contribution in [2.24, 2.45) is 0 Å². The first-order chi connectivity index (χ1) is 12.8. The van der Waals surface area contributed by atoms with Gasteiger partial charge in [-0.15, -0.1) is 11.3 Å². The molecule has 142 valence electrons. The number of hydrogen-bond donors (Lipinski definition) is 0. The molecule has 0 aliphatic rings. The fourth-order valence-corrected chi connectivity index (χ4v) is 3.83. The predicted octanol–water partition coefficient (Wildman–Crippen LogP) is 4.76. The first kappa shape index (κ1) is 19.3. The molecule has 0 bridgehead atoms. The van der Waals surface area contributed by atoms with Crippen molar-refractivity contribution in [2.75, 3.05) is 0 Å². The Kier molecular flexibility index (Phi) is 5.46. The van der Waals surface area contributed by atoms with Gasteiger partial charge in [0.1, 0.15) is 10.9 Å². The topological polar surface area (TPSA) is 61.2 Å². The van der Waals surface area contributed by atoms with Crippen molar-refractivity contribution in [3.8, 4) is 11.1 Å². The third-order valence-electron chi connectivity index (χ3n) is 4.52. The van der Waals surface area contributed by atoms with Gasteiger partial charge in [-0.05, 0) is 37.8 Å². The number of benzene rings is 1. The Balaban J connectivity index is 2.07. The van der Waals surface area contributed by atoms with E-state index in [1.807, 2.05) is 17.5 Å². The third kappa shape index (κ3) is 3.81. The lowest BCUT2D eigenvalue weighted by Crippen LogP contribution is -2.30. The molecule has 3 aromatic rings. The zero-order chi connectivity index (χ0) is 19.7. The Hall–Kier alpha value is -2.47. The molecule has 0 fully saturated rings. The van der Waals surface area contributed by atoms with Gasteiger partial charge in [0.05, 0.1) is 17.8 Å². The lowest BCUT2D eigenvalue weighted by molar-refractivity contribution is -0.151. The molecular weight excluding hydrogens is 360 g/mol. The van der Waals surface area contributed by atoms with Crippen molar-refractivity contribution >= 4 is 27.5 Å². The third-order valence-corrected chi connectivity index (χ3v) is 5.40. The van der Waals surface area contributed by atoms with Crippen LogP contribution >= 0.6 is 11.3 Å². The number of ether oxygens (including phenoxy) is 1. The highest BCUT2D eigenvalue weighted by atomic mass is 32.1. The van der Waals surface area contributed by atoms with E-state index in [0.717, 1.165) is 11.1 Å². The molecule has 1 atom stereocenters. The van der Waals surface area contributed by atoms with Gasteiger partial charge in [-0.25, -0.2) is 9.78 Å². The average molecular weight is 385 g/mol. The molecule has 0 saturated heterocycles. The van der Waals surface area contributed by atoms with E-state index in [0.29, 0.717) is 16.1 Å². The smallest absolute Gasteiger partial charge is 0.329 e. The van der Waals surface area contributed by atoms with Gasteiger partial charge in [0.25, 0.3) is 5.56 Å². The summed E-state index contributed by atoms with van der Waals surface area (Å²) >= 11 is 1.43. The fraction of sp³-hybridized carbons (Fsp3) is 0.381. The molecule has 0 N–H and O–H groups in total. The van der Waals surface area contributed by atoms with Gasteiger partial charge in [-0.2, -0.15) is 0 Å². The second-order valence-electron chi connectivity index (χ2n) is 7.22. The van der Waals surface area contributed by atoms with Gasteiger partial charge in [0.15, 0.2) is 0 Å². The maximum Gasteiger partial charge on any atom is 0.329 e. The number of rotatable bonds is 5. The summed E-state index contributed by atoms with van der Waals surface area (Å²) in [6.45, 7) is 9.52. The van der Waals surface area contributed by atoms with Gasteiger partial charge in [-0.1, -0.05) is 38.1 Å². The quantitative estimate of drug-likeness (QED) is 0.595. The maximum absolute atomic E-state index is 13.1. The molecule has 0 saturated carbocycles. The second-order valence-corrected chi connectivity index (χ2v) is 8.08. The van der Waals surface area contributed by atoms with Crippen LogP contribution in [0.5, 0.6) is 0 Å². The molecule has 27 heavy (non-hydrogen) atoms. The van der Waals surface area contributed by atoms with E-state index in [2.05, 4.69) is 31.0 Å². The Labute approximate surface area is 162 Å².